The summed E-state index contributed by atoms with van der Waals surface area (Å²) in [5, 5.41) is -4.48. The maximum absolute atomic E-state index is 13.0. The molecule has 120 valence electrons. The molecular formula is C13H18F2O5S. The Morgan fingerprint density at radius 1 is 1.48 bits per heavy atom. The zero-order valence-corrected chi connectivity index (χ0v) is 12.4. The number of hydrogen-bond donors (Lipinski definition) is 1. The van der Waals surface area contributed by atoms with E-state index in [2.05, 4.69) is 4.74 Å². The van der Waals surface area contributed by atoms with Gasteiger partial charge in [-0.05, 0) is 37.5 Å². The van der Waals surface area contributed by atoms with E-state index in [0.717, 1.165) is 24.8 Å². The highest BCUT2D eigenvalue weighted by Crippen LogP contribution is 2.42. The zero-order valence-electron chi connectivity index (χ0n) is 11.6. The van der Waals surface area contributed by atoms with Crippen LogP contribution in [-0.4, -0.2) is 30.8 Å². The molecule has 0 heterocycles. The molecule has 0 spiro atoms. The monoisotopic (exact) mass is 324 g/mol. The van der Waals surface area contributed by atoms with Crippen molar-refractivity contribution in [3.8, 4) is 0 Å². The lowest BCUT2D eigenvalue weighted by molar-refractivity contribution is -0.154. The molecule has 3 atom stereocenters. The van der Waals surface area contributed by atoms with Crippen LogP contribution in [-0.2, 0) is 19.6 Å². The third kappa shape index (κ3) is 3.60. The highest BCUT2D eigenvalue weighted by Gasteiger charge is 2.46. The second-order valence-electron chi connectivity index (χ2n) is 5.87. The fourth-order valence-corrected chi connectivity index (χ4v) is 3.32. The van der Waals surface area contributed by atoms with E-state index in [1.807, 2.05) is 13.0 Å². The summed E-state index contributed by atoms with van der Waals surface area (Å²) in [6, 6.07) is 0. The van der Waals surface area contributed by atoms with Crippen molar-refractivity contribution in [1.82, 2.24) is 0 Å². The first-order valence-corrected chi connectivity index (χ1v) is 8.26. The van der Waals surface area contributed by atoms with Gasteiger partial charge in [-0.1, -0.05) is 18.6 Å². The predicted molar refractivity (Wildman–Crippen MR) is 70.1 cm³/mol. The van der Waals surface area contributed by atoms with Crippen molar-refractivity contribution in [2.24, 2.45) is 17.8 Å². The average Bonchev–Trinajstić information content (AvgIpc) is 2.34. The Bertz CT molecular complexity index is 555. The summed E-state index contributed by atoms with van der Waals surface area (Å²) in [5.74, 6) is -0.574. The second kappa shape index (κ2) is 5.64. The predicted octanol–water partition coefficient (Wildman–Crippen LogP) is 2.39. The van der Waals surface area contributed by atoms with Crippen molar-refractivity contribution in [2.45, 2.75) is 37.9 Å². The van der Waals surface area contributed by atoms with Crippen LogP contribution < -0.4 is 0 Å². The third-order valence-corrected chi connectivity index (χ3v) is 4.96. The number of ether oxygens (including phenoxy) is 1. The average molecular weight is 324 g/mol. The molecule has 0 amide bonds. The highest BCUT2D eigenvalue weighted by molar-refractivity contribution is 7.86. The van der Waals surface area contributed by atoms with Gasteiger partial charge in [0.15, 0.2) is 6.61 Å². The number of hydrogen-bond acceptors (Lipinski definition) is 4. The first-order chi connectivity index (χ1) is 9.60. The summed E-state index contributed by atoms with van der Waals surface area (Å²) in [4.78, 5) is 11.9. The van der Waals surface area contributed by atoms with Crippen LogP contribution in [0.5, 0.6) is 0 Å². The number of fused-ring (bicyclic) bond motifs is 2. The summed E-state index contributed by atoms with van der Waals surface area (Å²) in [7, 11) is -5.58. The number of alkyl halides is 2. The molecule has 0 aromatic rings. The van der Waals surface area contributed by atoms with Crippen LogP contribution >= 0.6 is 0 Å². The van der Waals surface area contributed by atoms with E-state index in [1.54, 1.807) is 0 Å². The van der Waals surface area contributed by atoms with Gasteiger partial charge in [0.2, 0.25) is 0 Å². The van der Waals surface area contributed by atoms with Gasteiger partial charge in [-0.3, -0.25) is 9.35 Å². The number of esters is 1. The van der Waals surface area contributed by atoms with Gasteiger partial charge >= 0.3 is 21.3 Å². The van der Waals surface area contributed by atoms with Crippen LogP contribution in [0, 0.1) is 17.8 Å². The summed E-state index contributed by atoms with van der Waals surface area (Å²) < 4.78 is 59.8. The van der Waals surface area contributed by atoms with Gasteiger partial charge in [0.05, 0.1) is 5.92 Å². The molecule has 3 unspecified atom stereocenters. The van der Waals surface area contributed by atoms with Crippen LogP contribution in [0.15, 0.2) is 11.6 Å². The van der Waals surface area contributed by atoms with Crippen LogP contribution in [0.2, 0.25) is 0 Å². The highest BCUT2D eigenvalue weighted by atomic mass is 32.2. The molecule has 1 saturated carbocycles. The first-order valence-electron chi connectivity index (χ1n) is 6.82. The van der Waals surface area contributed by atoms with Gasteiger partial charge in [-0.25, -0.2) is 0 Å². The second-order valence-corrected chi connectivity index (χ2v) is 7.42. The normalized spacial score (nSPS) is 29.7. The molecule has 0 saturated heterocycles. The Labute approximate surface area is 122 Å². The van der Waals surface area contributed by atoms with Crippen molar-refractivity contribution in [3.05, 3.63) is 11.6 Å². The van der Waals surface area contributed by atoms with Gasteiger partial charge in [0.25, 0.3) is 0 Å². The van der Waals surface area contributed by atoms with E-state index in [-0.39, 0.29) is 0 Å². The first kappa shape index (κ1) is 16.4. The van der Waals surface area contributed by atoms with Crippen molar-refractivity contribution < 1.29 is 31.3 Å². The van der Waals surface area contributed by atoms with Crippen LogP contribution in [0.3, 0.4) is 0 Å². The Balaban J connectivity index is 2.01. The molecule has 1 N–H and O–H groups in total. The summed E-state index contributed by atoms with van der Waals surface area (Å²) in [6.07, 6.45) is 5.16. The van der Waals surface area contributed by atoms with Crippen LogP contribution in [0.1, 0.15) is 32.6 Å². The summed E-state index contributed by atoms with van der Waals surface area (Å²) in [6.45, 7) is 0.375. The molecule has 2 aliphatic rings. The zero-order chi connectivity index (χ0) is 15.8. The van der Waals surface area contributed by atoms with Gasteiger partial charge < -0.3 is 4.74 Å². The van der Waals surface area contributed by atoms with Gasteiger partial charge in [0, 0.05) is 0 Å². The van der Waals surface area contributed by atoms with Crippen LogP contribution in [0.25, 0.3) is 0 Å². The molecule has 0 aromatic carbocycles. The molecule has 2 bridgehead atoms. The van der Waals surface area contributed by atoms with Crippen LogP contribution in [0.4, 0.5) is 8.78 Å². The smallest absolute Gasteiger partial charge is 0.402 e. The van der Waals surface area contributed by atoms with Crippen molar-refractivity contribution in [2.75, 3.05) is 6.61 Å². The van der Waals surface area contributed by atoms with E-state index < -0.39 is 33.9 Å². The lowest BCUT2D eigenvalue weighted by Gasteiger charge is -2.35. The fraction of sp³-hybridized carbons (Fsp3) is 0.769. The molecule has 5 nitrogen and oxygen atoms in total. The van der Waals surface area contributed by atoms with Crippen molar-refractivity contribution in [1.29, 1.82) is 0 Å². The minimum atomic E-state index is -5.58. The van der Waals surface area contributed by atoms with E-state index >= 15 is 0 Å². The summed E-state index contributed by atoms with van der Waals surface area (Å²) >= 11 is 0. The molecule has 8 heteroatoms. The topological polar surface area (TPSA) is 80.7 Å². The largest absolute Gasteiger partial charge is 0.457 e. The maximum atomic E-state index is 13.0. The molecule has 2 aliphatic carbocycles. The Kier molecular flexibility index (Phi) is 4.39. The maximum Gasteiger partial charge on any atom is 0.402 e. The van der Waals surface area contributed by atoms with E-state index in [4.69, 9.17) is 4.55 Å². The standard InChI is InChI=1S/C13H18F2O5S/c1-8-4-9-2-3-11(10(5-8)6-9)12(16)20-7-13(14,15)21(17,18)19/h5,8-9,11H,2-4,6-7H2,1H3,(H,17,18,19). The quantitative estimate of drug-likeness (QED) is 0.488. The van der Waals surface area contributed by atoms with Crippen molar-refractivity contribution >= 4 is 16.1 Å². The molecule has 21 heavy (non-hydrogen) atoms. The Morgan fingerprint density at radius 3 is 2.76 bits per heavy atom. The molecule has 1 fully saturated rings. The Hall–Kier alpha value is -1.02. The minimum Gasteiger partial charge on any atom is -0.457 e. The number of carbonyl (C=O) groups is 1. The number of allylic oxidation sites excluding steroid dienone is 1. The lowest BCUT2D eigenvalue weighted by atomic mass is 9.70. The molecule has 0 aromatic heterocycles. The SMILES string of the molecule is CC1C=C2CC(CCC2C(=O)OCC(F)(F)S(=O)(=O)O)C1. The van der Waals surface area contributed by atoms with Gasteiger partial charge in [0.1, 0.15) is 0 Å². The third-order valence-electron chi connectivity index (χ3n) is 4.08. The molecule has 2 rings (SSSR count). The lowest BCUT2D eigenvalue weighted by Crippen LogP contribution is -2.37. The number of halogens is 2. The van der Waals surface area contributed by atoms with E-state index in [9.17, 15) is 22.0 Å². The Morgan fingerprint density at radius 2 is 2.14 bits per heavy atom. The number of carbonyl (C=O) groups excluding carboxylic acids is 1. The van der Waals surface area contributed by atoms with E-state index in [0.29, 0.717) is 18.3 Å². The number of rotatable bonds is 4. The molecule has 0 radical (unpaired) electrons. The van der Waals surface area contributed by atoms with Crippen molar-refractivity contribution in [3.63, 3.8) is 0 Å². The molecule has 0 aliphatic heterocycles. The summed E-state index contributed by atoms with van der Waals surface area (Å²) in [5.41, 5.74) is 0.894. The minimum absolute atomic E-state index is 0.341. The molecular weight excluding hydrogens is 306 g/mol. The van der Waals surface area contributed by atoms with E-state index in [1.165, 1.54) is 0 Å². The fourth-order valence-electron chi connectivity index (χ4n) is 3.11. The van der Waals surface area contributed by atoms with Gasteiger partial charge in [-0.15, -0.1) is 0 Å². The van der Waals surface area contributed by atoms with Gasteiger partial charge in [-0.2, -0.15) is 17.2 Å².